The van der Waals surface area contributed by atoms with E-state index in [1.807, 2.05) is 42.7 Å². The molecule has 2 aromatic heterocycles. The van der Waals surface area contributed by atoms with Crippen LogP contribution in [-0.4, -0.2) is 34.9 Å². The predicted molar refractivity (Wildman–Crippen MR) is 105 cm³/mol. The van der Waals surface area contributed by atoms with Crippen LogP contribution in [0, 0.1) is 0 Å². The van der Waals surface area contributed by atoms with E-state index < -0.39 is 0 Å². The Morgan fingerprint density at radius 3 is 2.70 bits per heavy atom. The van der Waals surface area contributed by atoms with Gasteiger partial charge in [0.2, 0.25) is 5.91 Å². The highest BCUT2D eigenvalue weighted by Gasteiger charge is 2.24. The number of carbonyl (C=O) groups excluding carboxylic acids is 1. The number of piperidine rings is 1. The van der Waals surface area contributed by atoms with Gasteiger partial charge in [0.25, 0.3) is 0 Å². The van der Waals surface area contributed by atoms with E-state index in [-0.39, 0.29) is 11.9 Å². The van der Waals surface area contributed by atoms with Gasteiger partial charge in [-0.25, -0.2) is 0 Å². The number of likely N-dealkylation sites (tertiary alicyclic amines) is 1. The zero-order chi connectivity index (χ0) is 18.6. The largest absolute Gasteiger partial charge is 0.461 e. The number of nitrogens with one attached hydrogen (secondary N) is 1. The Bertz CT molecular complexity index is 865. The molecule has 3 heterocycles. The first-order valence-electron chi connectivity index (χ1n) is 9.60. The molecule has 140 valence electrons. The molecule has 1 saturated heterocycles. The fourth-order valence-electron chi connectivity index (χ4n) is 3.84. The Balaban J connectivity index is 1.28. The van der Waals surface area contributed by atoms with Crippen molar-refractivity contribution in [1.82, 2.24) is 15.2 Å². The number of rotatable bonds is 5. The molecule has 0 saturated carbocycles. The molecule has 1 N–H and O–H groups in total. The monoisotopic (exact) mass is 363 g/mol. The lowest BCUT2D eigenvalue weighted by Gasteiger charge is -2.36. The Labute approximate surface area is 159 Å². The Morgan fingerprint density at radius 2 is 1.96 bits per heavy atom. The third-order valence-electron chi connectivity index (χ3n) is 5.44. The Morgan fingerprint density at radius 1 is 1.22 bits per heavy atom. The summed E-state index contributed by atoms with van der Waals surface area (Å²) in [6, 6.07) is 14.6. The topological polar surface area (TPSA) is 58.4 Å². The molecule has 5 nitrogen and oxygen atoms in total. The van der Waals surface area contributed by atoms with E-state index in [9.17, 15) is 4.79 Å². The molecule has 27 heavy (non-hydrogen) atoms. The third-order valence-corrected chi connectivity index (χ3v) is 5.44. The van der Waals surface area contributed by atoms with Gasteiger partial charge in [-0.2, -0.15) is 0 Å². The van der Waals surface area contributed by atoms with Crippen LogP contribution >= 0.6 is 0 Å². The minimum absolute atomic E-state index is 0.0367. The molecule has 1 atom stereocenters. The molecule has 1 aliphatic rings. The van der Waals surface area contributed by atoms with Crippen LogP contribution in [0.3, 0.4) is 0 Å². The molecule has 0 radical (unpaired) electrons. The fraction of sp³-hybridized carbons (Fsp3) is 0.364. The second-order valence-electron chi connectivity index (χ2n) is 7.26. The summed E-state index contributed by atoms with van der Waals surface area (Å²) in [5, 5.41) is 4.22. The molecule has 4 rings (SSSR count). The summed E-state index contributed by atoms with van der Waals surface area (Å²) in [6.07, 6.45) is 5.93. The first-order valence-corrected chi connectivity index (χ1v) is 9.60. The standard InChI is InChI=1S/C22H25N3O2/c1-16(17-6-10-23-11-7-17)25-12-8-19(9-13-25)24-22(26)15-20-14-18-4-2-3-5-21(18)27-20/h2-7,10-11,14,16,19H,8-9,12-13,15H2,1H3,(H,24,26). The minimum atomic E-state index is 0.0367. The van der Waals surface area contributed by atoms with E-state index in [4.69, 9.17) is 4.42 Å². The van der Waals surface area contributed by atoms with Crippen LogP contribution in [0.25, 0.3) is 11.0 Å². The third kappa shape index (κ3) is 4.19. The quantitative estimate of drug-likeness (QED) is 0.751. The summed E-state index contributed by atoms with van der Waals surface area (Å²) in [7, 11) is 0. The highest BCUT2D eigenvalue weighted by Crippen LogP contribution is 2.24. The number of para-hydroxylation sites is 1. The number of hydrogen-bond donors (Lipinski definition) is 1. The van der Waals surface area contributed by atoms with Crippen LogP contribution in [0.1, 0.15) is 37.1 Å². The number of pyridine rings is 1. The molecule has 3 aromatic rings. The van der Waals surface area contributed by atoms with Crippen molar-refractivity contribution >= 4 is 16.9 Å². The minimum Gasteiger partial charge on any atom is -0.461 e. The van der Waals surface area contributed by atoms with Crippen molar-refractivity contribution in [3.05, 3.63) is 66.2 Å². The van der Waals surface area contributed by atoms with E-state index in [1.54, 1.807) is 0 Å². The number of nitrogens with zero attached hydrogens (tertiary/aromatic N) is 2. The highest BCUT2D eigenvalue weighted by atomic mass is 16.3. The second kappa shape index (κ2) is 7.92. The van der Waals surface area contributed by atoms with Crippen LogP contribution < -0.4 is 5.32 Å². The zero-order valence-corrected chi connectivity index (χ0v) is 15.6. The van der Waals surface area contributed by atoms with Gasteiger partial charge >= 0.3 is 0 Å². The molecular weight excluding hydrogens is 338 g/mol. The number of carbonyl (C=O) groups is 1. The van der Waals surface area contributed by atoms with Gasteiger partial charge in [-0.15, -0.1) is 0 Å². The van der Waals surface area contributed by atoms with Gasteiger partial charge in [-0.1, -0.05) is 18.2 Å². The average Bonchev–Trinajstić information content (AvgIpc) is 3.10. The normalized spacial score (nSPS) is 17.1. The predicted octanol–water partition coefficient (Wildman–Crippen LogP) is 3.71. The van der Waals surface area contributed by atoms with Gasteiger partial charge in [0.1, 0.15) is 11.3 Å². The molecule has 0 bridgehead atoms. The molecule has 1 aromatic carbocycles. The van der Waals surface area contributed by atoms with E-state index >= 15 is 0 Å². The maximum atomic E-state index is 12.4. The molecular formula is C22H25N3O2. The first-order chi connectivity index (χ1) is 13.2. The summed E-state index contributed by atoms with van der Waals surface area (Å²) >= 11 is 0. The Kier molecular flexibility index (Phi) is 5.21. The van der Waals surface area contributed by atoms with Crippen LogP contribution in [0.5, 0.6) is 0 Å². The number of aromatic nitrogens is 1. The highest BCUT2D eigenvalue weighted by molar-refractivity contribution is 5.82. The number of benzene rings is 1. The van der Waals surface area contributed by atoms with Crippen LogP contribution in [0.4, 0.5) is 0 Å². The van der Waals surface area contributed by atoms with Crippen molar-refractivity contribution in [3.8, 4) is 0 Å². The fourth-order valence-corrected chi connectivity index (χ4v) is 3.84. The lowest BCUT2D eigenvalue weighted by molar-refractivity contribution is -0.121. The van der Waals surface area contributed by atoms with Crippen molar-refractivity contribution in [3.63, 3.8) is 0 Å². The van der Waals surface area contributed by atoms with Crippen LogP contribution in [0.2, 0.25) is 0 Å². The maximum absolute atomic E-state index is 12.4. The maximum Gasteiger partial charge on any atom is 0.227 e. The van der Waals surface area contributed by atoms with Crippen molar-refractivity contribution in [2.75, 3.05) is 13.1 Å². The van der Waals surface area contributed by atoms with Gasteiger partial charge in [0.15, 0.2) is 0 Å². The number of hydrogen-bond acceptors (Lipinski definition) is 4. The summed E-state index contributed by atoms with van der Waals surface area (Å²) in [6.45, 7) is 4.20. The van der Waals surface area contributed by atoms with Crippen molar-refractivity contribution in [2.24, 2.45) is 0 Å². The molecule has 1 fully saturated rings. The summed E-state index contributed by atoms with van der Waals surface area (Å²) in [5.41, 5.74) is 2.12. The van der Waals surface area contributed by atoms with Crippen molar-refractivity contribution < 1.29 is 9.21 Å². The van der Waals surface area contributed by atoms with E-state index in [0.717, 1.165) is 42.7 Å². The molecule has 0 aliphatic carbocycles. The lowest BCUT2D eigenvalue weighted by atomic mass is 10.0. The molecule has 1 amide bonds. The molecule has 5 heteroatoms. The van der Waals surface area contributed by atoms with Gasteiger partial charge in [-0.05, 0) is 49.6 Å². The lowest BCUT2D eigenvalue weighted by Crippen LogP contribution is -2.45. The molecule has 1 unspecified atom stereocenters. The van der Waals surface area contributed by atoms with Crippen LogP contribution in [0.15, 0.2) is 59.3 Å². The van der Waals surface area contributed by atoms with Crippen molar-refractivity contribution in [1.29, 1.82) is 0 Å². The van der Waals surface area contributed by atoms with E-state index in [0.29, 0.717) is 12.5 Å². The second-order valence-corrected chi connectivity index (χ2v) is 7.26. The first kappa shape index (κ1) is 17.7. The number of furan rings is 1. The SMILES string of the molecule is CC(c1ccncc1)N1CCC(NC(=O)Cc2cc3ccccc3o2)CC1. The van der Waals surface area contributed by atoms with Crippen LogP contribution in [-0.2, 0) is 11.2 Å². The van der Waals surface area contributed by atoms with Gasteiger partial charge in [-0.3, -0.25) is 14.7 Å². The Hall–Kier alpha value is -2.66. The van der Waals surface area contributed by atoms with Gasteiger partial charge in [0, 0.05) is 43.0 Å². The summed E-state index contributed by atoms with van der Waals surface area (Å²) < 4.78 is 5.75. The molecule has 0 spiro atoms. The van der Waals surface area contributed by atoms with Gasteiger partial charge < -0.3 is 9.73 Å². The number of amides is 1. The smallest absolute Gasteiger partial charge is 0.227 e. The number of fused-ring (bicyclic) bond motifs is 1. The van der Waals surface area contributed by atoms with Gasteiger partial charge in [0.05, 0.1) is 6.42 Å². The van der Waals surface area contributed by atoms with E-state index in [2.05, 4.69) is 34.3 Å². The summed E-state index contributed by atoms with van der Waals surface area (Å²) in [4.78, 5) is 19.0. The summed E-state index contributed by atoms with van der Waals surface area (Å²) in [5.74, 6) is 0.757. The average molecular weight is 363 g/mol. The zero-order valence-electron chi connectivity index (χ0n) is 15.6. The van der Waals surface area contributed by atoms with E-state index in [1.165, 1.54) is 5.56 Å². The van der Waals surface area contributed by atoms with Crippen molar-refractivity contribution in [2.45, 2.75) is 38.3 Å². The molecule has 1 aliphatic heterocycles.